The minimum atomic E-state index is 1.21. The van der Waals surface area contributed by atoms with Crippen LogP contribution in [0.5, 0.6) is 0 Å². The van der Waals surface area contributed by atoms with Crippen LogP contribution in [0, 0.1) is 6.42 Å². The minimum Gasteiger partial charge on any atom is -0.0991 e. The zero-order valence-corrected chi connectivity index (χ0v) is 7.56. The first-order chi connectivity index (χ1) is 6.43. The van der Waals surface area contributed by atoms with Crippen molar-refractivity contribution in [3.63, 3.8) is 0 Å². The van der Waals surface area contributed by atoms with Crippen LogP contribution in [0.4, 0.5) is 0 Å². The first kappa shape index (κ1) is 9.53. The van der Waals surface area contributed by atoms with Crippen LogP contribution < -0.4 is 0 Å². The highest BCUT2D eigenvalue weighted by molar-refractivity contribution is 5.50. The zero-order chi connectivity index (χ0) is 9.36. The number of rotatable bonds is 4. The summed E-state index contributed by atoms with van der Waals surface area (Å²) in [6, 6.07) is 10.2. The molecule has 0 aromatic heterocycles. The summed E-state index contributed by atoms with van der Waals surface area (Å²) in [6.07, 6.45) is 11.7. The number of hydrogen-bond donors (Lipinski definition) is 0. The Balaban J connectivity index is 2.41. The quantitative estimate of drug-likeness (QED) is 0.603. The molecule has 0 amide bonds. The summed E-state index contributed by atoms with van der Waals surface area (Å²) in [5, 5.41) is 0. The molecule has 13 heavy (non-hydrogen) atoms. The standard InChI is InChI=1S/C13H13/c1-2-3-4-5-7-10-13-11-8-6-9-12-13/h2-12H,1H2. The van der Waals surface area contributed by atoms with Gasteiger partial charge in [0.2, 0.25) is 0 Å². The predicted octanol–water partition coefficient (Wildman–Crippen LogP) is 3.65. The lowest BCUT2D eigenvalue weighted by atomic mass is 10.2. The molecule has 0 N–H and O–H groups in total. The second-order valence-corrected chi connectivity index (χ2v) is 2.58. The van der Waals surface area contributed by atoms with E-state index in [2.05, 4.69) is 24.8 Å². The van der Waals surface area contributed by atoms with E-state index in [1.54, 1.807) is 6.08 Å². The molecule has 0 nitrogen and oxygen atoms in total. The van der Waals surface area contributed by atoms with E-state index in [1.807, 2.05) is 42.8 Å². The van der Waals surface area contributed by atoms with Crippen LogP contribution in [0.2, 0.25) is 0 Å². The average molecular weight is 169 g/mol. The van der Waals surface area contributed by atoms with Gasteiger partial charge in [-0.15, -0.1) is 0 Å². The summed E-state index contributed by atoms with van der Waals surface area (Å²) in [5.41, 5.74) is 1.21. The maximum absolute atomic E-state index is 3.59. The monoisotopic (exact) mass is 169 g/mol. The maximum atomic E-state index is 3.59. The molecule has 0 heterocycles. The predicted molar refractivity (Wildman–Crippen MR) is 59.1 cm³/mol. The van der Waals surface area contributed by atoms with E-state index in [4.69, 9.17) is 0 Å². The summed E-state index contributed by atoms with van der Waals surface area (Å²) in [5.74, 6) is 0. The Morgan fingerprint density at radius 2 is 1.69 bits per heavy atom. The second-order valence-electron chi connectivity index (χ2n) is 2.58. The van der Waals surface area contributed by atoms with E-state index in [9.17, 15) is 0 Å². The van der Waals surface area contributed by atoms with Crippen LogP contribution in [0.25, 0.3) is 6.08 Å². The van der Waals surface area contributed by atoms with Crippen LogP contribution in [0.15, 0.2) is 61.2 Å². The van der Waals surface area contributed by atoms with E-state index in [1.165, 1.54) is 5.56 Å². The summed E-state index contributed by atoms with van der Waals surface area (Å²) in [6.45, 7) is 3.59. The van der Waals surface area contributed by atoms with Crippen molar-refractivity contribution < 1.29 is 0 Å². The fourth-order valence-corrected chi connectivity index (χ4v) is 0.938. The van der Waals surface area contributed by atoms with Gasteiger partial charge in [0, 0.05) is 6.42 Å². The summed E-state index contributed by atoms with van der Waals surface area (Å²) in [4.78, 5) is 0. The molecule has 0 aliphatic heterocycles. The third-order valence-corrected chi connectivity index (χ3v) is 1.56. The Morgan fingerprint density at radius 3 is 2.38 bits per heavy atom. The van der Waals surface area contributed by atoms with Gasteiger partial charge in [-0.05, 0) is 5.56 Å². The fraction of sp³-hybridized carbons (Fsp3) is 0. The molecule has 1 aromatic rings. The minimum absolute atomic E-state index is 1.21. The molecule has 65 valence electrons. The first-order valence-electron chi connectivity index (χ1n) is 4.27. The Labute approximate surface area is 79.9 Å². The molecule has 0 saturated heterocycles. The molecule has 0 bridgehead atoms. The molecule has 1 rings (SSSR count). The molecule has 0 fully saturated rings. The van der Waals surface area contributed by atoms with Crippen molar-refractivity contribution in [1.82, 2.24) is 0 Å². The Kier molecular flexibility index (Phi) is 4.41. The molecule has 0 aliphatic rings. The highest BCUT2D eigenvalue weighted by Gasteiger charge is 1.80. The van der Waals surface area contributed by atoms with Crippen LogP contribution in [-0.4, -0.2) is 0 Å². The largest absolute Gasteiger partial charge is 0.0991 e. The maximum Gasteiger partial charge on any atom is 0.00508 e. The molecule has 0 spiro atoms. The molecular formula is C13H13. The Hall–Kier alpha value is -1.56. The fourth-order valence-electron chi connectivity index (χ4n) is 0.938. The van der Waals surface area contributed by atoms with Crippen molar-refractivity contribution >= 4 is 6.08 Å². The smallest absolute Gasteiger partial charge is 0.00508 e. The van der Waals surface area contributed by atoms with E-state index in [-0.39, 0.29) is 0 Å². The lowest BCUT2D eigenvalue weighted by molar-refractivity contribution is 1.65. The van der Waals surface area contributed by atoms with E-state index in [0.29, 0.717) is 0 Å². The summed E-state index contributed by atoms with van der Waals surface area (Å²) >= 11 is 0. The van der Waals surface area contributed by atoms with Crippen LogP contribution in [-0.2, 0) is 0 Å². The summed E-state index contributed by atoms with van der Waals surface area (Å²) < 4.78 is 0. The average Bonchev–Trinajstić information content (AvgIpc) is 2.19. The molecular weight excluding hydrogens is 156 g/mol. The lowest BCUT2D eigenvalue weighted by Gasteiger charge is -1.88. The van der Waals surface area contributed by atoms with E-state index in [0.717, 1.165) is 0 Å². The van der Waals surface area contributed by atoms with Crippen molar-refractivity contribution in [2.24, 2.45) is 0 Å². The van der Waals surface area contributed by atoms with E-state index >= 15 is 0 Å². The topological polar surface area (TPSA) is 0 Å². The highest BCUT2D eigenvalue weighted by atomic mass is 13.9. The first-order valence-corrected chi connectivity index (χ1v) is 4.27. The van der Waals surface area contributed by atoms with Gasteiger partial charge in [0.15, 0.2) is 0 Å². The molecule has 1 radical (unpaired) electrons. The van der Waals surface area contributed by atoms with Gasteiger partial charge in [0.1, 0.15) is 0 Å². The van der Waals surface area contributed by atoms with Gasteiger partial charge in [0.05, 0.1) is 0 Å². The van der Waals surface area contributed by atoms with Crippen LogP contribution in [0.1, 0.15) is 5.56 Å². The number of allylic oxidation sites excluding steroid dienone is 4. The number of hydrogen-bond acceptors (Lipinski definition) is 0. The highest BCUT2D eigenvalue weighted by Crippen LogP contribution is 2.01. The van der Waals surface area contributed by atoms with Gasteiger partial charge in [-0.1, -0.05) is 67.3 Å². The Morgan fingerprint density at radius 1 is 0.923 bits per heavy atom. The SMILES string of the molecule is C=CC=C[CH]C=Cc1ccccc1. The van der Waals surface area contributed by atoms with E-state index < -0.39 is 0 Å². The third kappa shape index (κ3) is 4.12. The molecule has 0 aliphatic carbocycles. The van der Waals surface area contributed by atoms with Crippen molar-refractivity contribution in [3.05, 3.63) is 73.2 Å². The second kappa shape index (κ2) is 6.01. The zero-order valence-electron chi connectivity index (χ0n) is 7.56. The summed E-state index contributed by atoms with van der Waals surface area (Å²) in [7, 11) is 0. The van der Waals surface area contributed by atoms with Crippen molar-refractivity contribution in [2.75, 3.05) is 0 Å². The van der Waals surface area contributed by atoms with Crippen molar-refractivity contribution in [2.45, 2.75) is 0 Å². The van der Waals surface area contributed by atoms with Gasteiger partial charge in [-0.3, -0.25) is 0 Å². The normalized spacial score (nSPS) is 11.1. The van der Waals surface area contributed by atoms with Crippen LogP contribution in [0.3, 0.4) is 0 Å². The lowest BCUT2D eigenvalue weighted by Crippen LogP contribution is -1.67. The van der Waals surface area contributed by atoms with Gasteiger partial charge in [-0.25, -0.2) is 0 Å². The third-order valence-electron chi connectivity index (χ3n) is 1.56. The molecule has 0 heteroatoms. The van der Waals surface area contributed by atoms with Crippen molar-refractivity contribution in [3.8, 4) is 0 Å². The van der Waals surface area contributed by atoms with Crippen LogP contribution >= 0.6 is 0 Å². The Bertz CT molecular complexity index is 291. The van der Waals surface area contributed by atoms with Gasteiger partial charge < -0.3 is 0 Å². The van der Waals surface area contributed by atoms with Crippen molar-refractivity contribution in [1.29, 1.82) is 0 Å². The van der Waals surface area contributed by atoms with Gasteiger partial charge >= 0.3 is 0 Å². The molecule has 0 unspecified atom stereocenters. The number of benzene rings is 1. The molecule has 0 atom stereocenters. The molecule has 0 saturated carbocycles. The van der Waals surface area contributed by atoms with Gasteiger partial charge in [-0.2, -0.15) is 0 Å². The van der Waals surface area contributed by atoms with Gasteiger partial charge in [0.25, 0.3) is 0 Å². The molecule has 1 aromatic carbocycles.